The minimum Gasteiger partial charge on any atom is -0.358 e. The first-order chi connectivity index (χ1) is 9.78. The van der Waals surface area contributed by atoms with Crippen LogP contribution in [0.4, 0.5) is 0 Å². The third kappa shape index (κ3) is 2.47. The maximum atomic E-state index is 3.47. The topological polar surface area (TPSA) is 27.8 Å². The highest BCUT2D eigenvalue weighted by atomic mass is 14.8. The van der Waals surface area contributed by atoms with Gasteiger partial charge in [0.15, 0.2) is 0 Å². The maximum Gasteiger partial charge on any atom is 0.0458 e. The minimum absolute atomic E-state index is 0.917. The molecule has 0 spiro atoms. The van der Waals surface area contributed by atoms with Gasteiger partial charge in [-0.3, -0.25) is 0 Å². The molecule has 1 heterocycles. The van der Waals surface area contributed by atoms with Gasteiger partial charge in [0.25, 0.3) is 0 Å². The zero-order valence-corrected chi connectivity index (χ0v) is 12.0. The molecular formula is C18H20N2. The minimum atomic E-state index is 0.917. The molecule has 0 amide bonds. The lowest BCUT2D eigenvalue weighted by molar-refractivity contribution is 0.816. The van der Waals surface area contributed by atoms with Crippen molar-refractivity contribution in [1.82, 2.24) is 10.3 Å². The van der Waals surface area contributed by atoms with Gasteiger partial charge in [0.1, 0.15) is 0 Å². The summed E-state index contributed by atoms with van der Waals surface area (Å²) < 4.78 is 0. The number of fused-ring (bicyclic) bond motifs is 1. The number of nitrogens with one attached hydrogen (secondary N) is 2. The molecule has 0 fully saturated rings. The molecule has 1 aromatic heterocycles. The Balaban J connectivity index is 1.96. The van der Waals surface area contributed by atoms with Gasteiger partial charge in [-0.1, -0.05) is 42.5 Å². The van der Waals surface area contributed by atoms with Crippen LogP contribution in [-0.4, -0.2) is 12.0 Å². The van der Waals surface area contributed by atoms with Crippen molar-refractivity contribution in [3.63, 3.8) is 0 Å². The summed E-state index contributed by atoms with van der Waals surface area (Å²) in [5.74, 6) is 0. The van der Waals surface area contributed by atoms with Crippen LogP contribution in [-0.2, 0) is 13.0 Å². The van der Waals surface area contributed by atoms with Crippen LogP contribution in [0.2, 0.25) is 0 Å². The molecule has 0 radical (unpaired) electrons. The van der Waals surface area contributed by atoms with Crippen molar-refractivity contribution in [3.8, 4) is 0 Å². The van der Waals surface area contributed by atoms with Crippen LogP contribution in [0.25, 0.3) is 10.9 Å². The molecule has 0 saturated carbocycles. The normalized spacial score (nSPS) is 11.1. The number of para-hydroxylation sites is 1. The zero-order valence-electron chi connectivity index (χ0n) is 12.0. The quantitative estimate of drug-likeness (QED) is 0.737. The fourth-order valence-corrected chi connectivity index (χ4v) is 2.82. The van der Waals surface area contributed by atoms with E-state index in [2.05, 4.69) is 65.8 Å². The average molecular weight is 264 g/mol. The summed E-state index contributed by atoms with van der Waals surface area (Å²) in [4.78, 5) is 3.47. The lowest BCUT2D eigenvalue weighted by Gasteiger charge is -2.06. The summed E-state index contributed by atoms with van der Waals surface area (Å²) in [5, 5.41) is 4.54. The largest absolute Gasteiger partial charge is 0.358 e. The molecule has 2 heteroatoms. The lowest BCUT2D eigenvalue weighted by Crippen LogP contribution is -2.05. The van der Waals surface area contributed by atoms with Crippen molar-refractivity contribution in [1.29, 1.82) is 0 Å². The van der Waals surface area contributed by atoms with Crippen LogP contribution in [0.1, 0.15) is 22.4 Å². The number of aromatic nitrogens is 1. The second-order valence-electron chi connectivity index (χ2n) is 5.30. The molecule has 0 bridgehead atoms. The van der Waals surface area contributed by atoms with Gasteiger partial charge in [0, 0.05) is 23.1 Å². The summed E-state index contributed by atoms with van der Waals surface area (Å²) in [7, 11) is 1.98. The molecule has 0 aliphatic rings. The Bertz CT molecular complexity index is 725. The van der Waals surface area contributed by atoms with E-state index >= 15 is 0 Å². The van der Waals surface area contributed by atoms with Gasteiger partial charge in [-0.25, -0.2) is 0 Å². The van der Waals surface area contributed by atoms with Gasteiger partial charge in [0.05, 0.1) is 0 Å². The smallest absolute Gasteiger partial charge is 0.0458 e. The Kier molecular flexibility index (Phi) is 3.57. The highest BCUT2D eigenvalue weighted by Gasteiger charge is 2.08. The zero-order chi connectivity index (χ0) is 13.9. The molecule has 3 aromatic rings. The third-order valence-electron chi connectivity index (χ3n) is 3.78. The molecule has 3 rings (SSSR count). The van der Waals surface area contributed by atoms with Gasteiger partial charge in [-0.15, -0.1) is 0 Å². The van der Waals surface area contributed by atoms with Gasteiger partial charge in [-0.2, -0.15) is 0 Å². The highest BCUT2D eigenvalue weighted by molar-refractivity contribution is 5.84. The summed E-state index contributed by atoms with van der Waals surface area (Å²) >= 11 is 0. The Morgan fingerprint density at radius 1 is 1.00 bits per heavy atom. The molecule has 0 aliphatic carbocycles. The first-order valence-corrected chi connectivity index (χ1v) is 7.06. The van der Waals surface area contributed by atoms with E-state index in [1.165, 1.54) is 33.3 Å². The second-order valence-corrected chi connectivity index (χ2v) is 5.30. The number of aromatic amines is 1. The molecule has 0 atom stereocenters. The second kappa shape index (κ2) is 5.51. The van der Waals surface area contributed by atoms with E-state index in [-0.39, 0.29) is 0 Å². The summed E-state index contributed by atoms with van der Waals surface area (Å²) in [6, 6.07) is 17.3. The number of hydrogen-bond donors (Lipinski definition) is 2. The van der Waals surface area contributed by atoms with Crippen molar-refractivity contribution < 1.29 is 0 Å². The summed E-state index contributed by atoms with van der Waals surface area (Å²) in [6.07, 6.45) is 0.980. The predicted octanol–water partition coefficient (Wildman–Crippen LogP) is 3.79. The van der Waals surface area contributed by atoms with Crippen LogP contribution in [0, 0.1) is 6.92 Å². The summed E-state index contributed by atoms with van der Waals surface area (Å²) in [5.41, 5.74) is 6.60. The molecule has 2 nitrogen and oxygen atoms in total. The molecule has 102 valence electrons. The van der Waals surface area contributed by atoms with Crippen LogP contribution < -0.4 is 5.32 Å². The lowest BCUT2D eigenvalue weighted by atomic mass is 10.0. The molecule has 0 unspecified atom stereocenters. The van der Waals surface area contributed by atoms with E-state index in [4.69, 9.17) is 0 Å². The average Bonchev–Trinajstić information content (AvgIpc) is 2.76. The van der Waals surface area contributed by atoms with E-state index < -0.39 is 0 Å². The standard InChI is InChI=1S/C18H20N2/c1-13-17(16-8-3-4-9-18(16)20-13)11-14-6-5-7-15(10-14)12-19-2/h3-10,19-20H,11-12H2,1-2H3. The number of benzene rings is 2. The number of rotatable bonds is 4. The molecule has 20 heavy (non-hydrogen) atoms. The molecule has 2 N–H and O–H groups in total. The Morgan fingerprint density at radius 2 is 1.80 bits per heavy atom. The van der Waals surface area contributed by atoms with Crippen molar-refractivity contribution in [2.24, 2.45) is 0 Å². The van der Waals surface area contributed by atoms with Gasteiger partial charge in [-0.05, 0) is 43.1 Å². The fourth-order valence-electron chi connectivity index (χ4n) is 2.82. The van der Waals surface area contributed by atoms with Gasteiger partial charge in [0.2, 0.25) is 0 Å². The van der Waals surface area contributed by atoms with E-state index in [0.717, 1.165) is 13.0 Å². The first-order valence-electron chi connectivity index (χ1n) is 7.06. The van der Waals surface area contributed by atoms with Crippen molar-refractivity contribution in [2.45, 2.75) is 19.9 Å². The van der Waals surface area contributed by atoms with E-state index in [1.807, 2.05) is 7.05 Å². The monoisotopic (exact) mass is 264 g/mol. The SMILES string of the molecule is CNCc1cccc(Cc2c(C)[nH]c3ccccc23)c1. The van der Waals surface area contributed by atoms with E-state index in [9.17, 15) is 0 Å². The van der Waals surface area contributed by atoms with Crippen molar-refractivity contribution in [2.75, 3.05) is 7.05 Å². The van der Waals surface area contributed by atoms with Crippen molar-refractivity contribution in [3.05, 3.63) is 70.9 Å². The Morgan fingerprint density at radius 3 is 2.65 bits per heavy atom. The number of H-pyrrole nitrogens is 1. The third-order valence-corrected chi connectivity index (χ3v) is 3.78. The molecule has 2 aromatic carbocycles. The fraction of sp³-hybridized carbons (Fsp3) is 0.222. The van der Waals surface area contributed by atoms with E-state index in [0.29, 0.717) is 0 Å². The Hall–Kier alpha value is -2.06. The maximum absolute atomic E-state index is 3.47. The van der Waals surface area contributed by atoms with Gasteiger partial charge < -0.3 is 10.3 Å². The van der Waals surface area contributed by atoms with Crippen molar-refractivity contribution >= 4 is 10.9 Å². The van der Waals surface area contributed by atoms with Crippen LogP contribution in [0.15, 0.2) is 48.5 Å². The van der Waals surface area contributed by atoms with E-state index in [1.54, 1.807) is 0 Å². The van der Waals surface area contributed by atoms with Gasteiger partial charge >= 0.3 is 0 Å². The summed E-state index contributed by atoms with van der Waals surface area (Å²) in [6.45, 7) is 3.08. The van der Waals surface area contributed by atoms with Crippen LogP contribution in [0.5, 0.6) is 0 Å². The number of hydrogen-bond acceptors (Lipinski definition) is 1. The number of aryl methyl sites for hydroxylation is 1. The molecule has 0 saturated heterocycles. The van der Waals surface area contributed by atoms with Crippen LogP contribution >= 0.6 is 0 Å². The first kappa shape index (κ1) is 12.9. The predicted molar refractivity (Wildman–Crippen MR) is 85.0 cm³/mol. The Labute approximate surface area is 119 Å². The van der Waals surface area contributed by atoms with Crippen LogP contribution in [0.3, 0.4) is 0 Å². The molecule has 0 aliphatic heterocycles. The molecular weight excluding hydrogens is 244 g/mol. The highest BCUT2D eigenvalue weighted by Crippen LogP contribution is 2.24.